The zero-order valence-electron chi connectivity index (χ0n) is 13.7. The summed E-state index contributed by atoms with van der Waals surface area (Å²) in [5.41, 5.74) is 4.07. The molecule has 2 aromatic carbocycles. The summed E-state index contributed by atoms with van der Waals surface area (Å²) >= 11 is 0. The molecule has 1 fully saturated rings. The molecule has 0 amide bonds. The van der Waals surface area contributed by atoms with E-state index in [0.717, 1.165) is 55.0 Å². The van der Waals surface area contributed by atoms with Crippen LogP contribution in [0.5, 0.6) is 0 Å². The van der Waals surface area contributed by atoms with Gasteiger partial charge in [0, 0.05) is 19.0 Å². The first-order chi connectivity index (χ1) is 11.8. The number of nitrogens with zero attached hydrogens (tertiary/aromatic N) is 2. The molecule has 1 unspecified atom stereocenters. The summed E-state index contributed by atoms with van der Waals surface area (Å²) in [6, 6.07) is 16.2. The van der Waals surface area contributed by atoms with Crippen molar-refractivity contribution in [1.82, 2.24) is 9.88 Å². The fraction of sp³-hybridized carbons (Fsp3) is 0.350. The average molecular weight is 322 g/mol. The number of hydrogen-bond acceptors (Lipinski definition) is 4. The summed E-state index contributed by atoms with van der Waals surface area (Å²) in [5, 5.41) is 9.14. The molecule has 0 saturated carbocycles. The quantitative estimate of drug-likeness (QED) is 0.796. The summed E-state index contributed by atoms with van der Waals surface area (Å²) in [4.78, 5) is 7.15. The Labute approximate surface area is 141 Å². The molecule has 4 rings (SSSR count). The SMILES string of the molecule is OCc1ccc(CN2CCCC(c3nc4ccccc4o3)C2)cc1. The van der Waals surface area contributed by atoms with Crippen LogP contribution in [0.1, 0.15) is 35.8 Å². The first-order valence-corrected chi connectivity index (χ1v) is 8.58. The molecule has 4 nitrogen and oxygen atoms in total. The van der Waals surface area contributed by atoms with Gasteiger partial charge in [-0.2, -0.15) is 0 Å². The van der Waals surface area contributed by atoms with E-state index in [1.807, 2.05) is 36.4 Å². The van der Waals surface area contributed by atoms with E-state index in [9.17, 15) is 0 Å². The van der Waals surface area contributed by atoms with Crippen LogP contribution in [0.2, 0.25) is 0 Å². The minimum absolute atomic E-state index is 0.101. The second-order valence-electron chi connectivity index (χ2n) is 6.57. The Hall–Kier alpha value is -2.17. The molecule has 1 aromatic heterocycles. The fourth-order valence-corrected chi connectivity index (χ4v) is 3.47. The number of aliphatic hydroxyl groups is 1. The minimum atomic E-state index is 0.101. The lowest BCUT2D eigenvalue weighted by Gasteiger charge is -2.31. The molecular formula is C20H22N2O2. The van der Waals surface area contributed by atoms with E-state index in [1.54, 1.807) is 0 Å². The number of aromatic nitrogens is 1. The topological polar surface area (TPSA) is 49.5 Å². The molecule has 124 valence electrons. The molecule has 2 heterocycles. The predicted molar refractivity (Wildman–Crippen MR) is 93.6 cm³/mol. The van der Waals surface area contributed by atoms with Crippen molar-refractivity contribution in [2.45, 2.75) is 31.9 Å². The van der Waals surface area contributed by atoms with Crippen molar-refractivity contribution >= 4 is 11.1 Å². The molecule has 1 atom stereocenters. The molecule has 1 aliphatic rings. The van der Waals surface area contributed by atoms with E-state index in [1.165, 1.54) is 5.56 Å². The normalized spacial score (nSPS) is 19.0. The van der Waals surface area contributed by atoms with Gasteiger partial charge in [0.2, 0.25) is 0 Å². The number of fused-ring (bicyclic) bond motifs is 1. The van der Waals surface area contributed by atoms with Crippen molar-refractivity contribution in [3.8, 4) is 0 Å². The monoisotopic (exact) mass is 322 g/mol. The molecule has 1 saturated heterocycles. The third-order valence-electron chi connectivity index (χ3n) is 4.78. The molecule has 0 radical (unpaired) electrons. The highest BCUT2D eigenvalue weighted by atomic mass is 16.3. The van der Waals surface area contributed by atoms with E-state index in [-0.39, 0.29) is 6.61 Å². The number of piperidine rings is 1. The van der Waals surface area contributed by atoms with E-state index in [0.29, 0.717) is 5.92 Å². The van der Waals surface area contributed by atoms with Crippen LogP contribution >= 0.6 is 0 Å². The third kappa shape index (κ3) is 3.21. The fourth-order valence-electron chi connectivity index (χ4n) is 3.47. The number of benzene rings is 2. The van der Waals surface area contributed by atoms with Gasteiger partial charge in [-0.1, -0.05) is 36.4 Å². The lowest BCUT2D eigenvalue weighted by Crippen LogP contribution is -2.34. The van der Waals surface area contributed by atoms with Crippen molar-refractivity contribution in [3.63, 3.8) is 0 Å². The molecule has 0 spiro atoms. The third-order valence-corrected chi connectivity index (χ3v) is 4.78. The van der Waals surface area contributed by atoms with Gasteiger partial charge in [-0.15, -0.1) is 0 Å². The molecule has 3 aromatic rings. The molecule has 1 aliphatic heterocycles. The van der Waals surface area contributed by atoms with E-state index in [2.05, 4.69) is 22.0 Å². The average Bonchev–Trinajstić information content (AvgIpc) is 3.07. The van der Waals surface area contributed by atoms with Gasteiger partial charge < -0.3 is 9.52 Å². The van der Waals surface area contributed by atoms with Crippen molar-refractivity contribution in [2.75, 3.05) is 13.1 Å². The molecule has 24 heavy (non-hydrogen) atoms. The van der Waals surface area contributed by atoms with Gasteiger partial charge in [0.15, 0.2) is 11.5 Å². The standard InChI is InChI=1S/C20H22N2O2/c23-14-16-9-7-15(8-10-16)12-22-11-3-4-17(13-22)20-21-18-5-1-2-6-19(18)24-20/h1-2,5-10,17,23H,3-4,11-14H2. The minimum Gasteiger partial charge on any atom is -0.440 e. The maximum atomic E-state index is 9.14. The molecule has 1 N–H and O–H groups in total. The van der Waals surface area contributed by atoms with Gasteiger partial charge in [-0.3, -0.25) is 4.90 Å². The van der Waals surface area contributed by atoms with Crippen LogP contribution in [-0.2, 0) is 13.2 Å². The zero-order valence-corrected chi connectivity index (χ0v) is 13.7. The van der Waals surface area contributed by atoms with Crippen LogP contribution in [0.3, 0.4) is 0 Å². The lowest BCUT2D eigenvalue weighted by molar-refractivity contribution is 0.187. The summed E-state index contributed by atoms with van der Waals surface area (Å²) in [7, 11) is 0. The number of aliphatic hydroxyl groups excluding tert-OH is 1. The van der Waals surface area contributed by atoms with Crippen molar-refractivity contribution < 1.29 is 9.52 Å². The number of para-hydroxylation sites is 2. The molecule has 0 aliphatic carbocycles. The first-order valence-electron chi connectivity index (χ1n) is 8.58. The van der Waals surface area contributed by atoms with Crippen LogP contribution in [0.15, 0.2) is 52.9 Å². The Morgan fingerprint density at radius 3 is 2.67 bits per heavy atom. The Balaban J connectivity index is 1.46. The van der Waals surface area contributed by atoms with Crippen LogP contribution in [0.25, 0.3) is 11.1 Å². The largest absolute Gasteiger partial charge is 0.440 e. The highest BCUT2D eigenvalue weighted by Gasteiger charge is 2.25. The second kappa shape index (κ2) is 6.75. The van der Waals surface area contributed by atoms with Gasteiger partial charge in [0.1, 0.15) is 5.52 Å². The second-order valence-corrected chi connectivity index (χ2v) is 6.57. The highest BCUT2D eigenvalue weighted by Crippen LogP contribution is 2.29. The van der Waals surface area contributed by atoms with E-state index >= 15 is 0 Å². The molecular weight excluding hydrogens is 300 g/mol. The summed E-state index contributed by atoms with van der Waals surface area (Å²) in [6.45, 7) is 3.12. The predicted octanol–water partition coefficient (Wildman–Crippen LogP) is 3.70. The van der Waals surface area contributed by atoms with Crippen LogP contribution in [0.4, 0.5) is 0 Å². The smallest absolute Gasteiger partial charge is 0.199 e. The Bertz CT molecular complexity index is 777. The summed E-state index contributed by atoms with van der Waals surface area (Å²) in [6.07, 6.45) is 2.30. The maximum Gasteiger partial charge on any atom is 0.199 e. The maximum absolute atomic E-state index is 9.14. The molecule has 0 bridgehead atoms. The lowest BCUT2D eigenvalue weighted by atomic mass is 9.97. The number of rotatable bonds is 4. The van der Waals surface area contributed by atoms with Crippen LogP contribution in [0, 0.1) is 0 Å². The zero-order chi connectivity index (χ0) is 16.4. The number of hydrogen-bond donors (Lipinski definition) is 1. The summed E-state index contributed by atoms with van der Waals surface area (Å²) in [5.74, 6) is 1.24. The van der Waals surface area contributed by atoms with Crippen LogP contribution < -0.4 is 0 Å². The first kappa shape index (κ1) is 15.4. The van der Waals surface area contributed by atoms with Gasteiger partial charge in [-0.25, -0.2) is 4.98 Å². The van der Waals surface area contributed by atoms with Crippen LogP contribution in [-0.4, -0.2) is 28.1 Å². The van der Waals surface area contributed by atoms with Gasteiger partial charge >= 0.3 is 0 Å². The van der Waals surface area contributed by atoms with Crippen molar-refractivity contribution in [3.05, 3.63) is 65.5 Å². The Kier molecular flexibility index (Phi) is 4.32. The number of oxazole rings is 1. The summed E-state index contributed by atoms with van der Waals surface area (Å²) < 4.78 is 5.97. The Morgan fingerprint density at radius 2 is 1.88 bits per heavy atom. The van der Waals surface area contributed by atoms with Gasteiger partial charge in [-0.05, 0) is 42.6 Å². The van der Waals surface area contributed by atoms with E-state index < -0.39 is 0 Å². The van der Waals surface area contributed by atoms with Gasteiger partial charge in [0.05, 0.1) is 6.61 Å². The molecule has 4 heteroatoms. The van der Waals surface area contributed by atoms with Crippen molar-refractivity contribution in [2.24, 2.45) is 0 Å². The van der Waals surface area contributed by atoms with Gasteiger partial charge in [0.25, 0.3) is 0 Å². The highest BCUT2D eigenvalue weighted by molar-refractivity contribution is 5.72. The number of likely N-dealkylation sites (tertiary alicyclic amines) is 1. The van der Waals surface area contributed by atoms with E-state index in [4.69, 9.17) is 9.52 Å². The Morgan fingerprint density at radius 1 is 1.08 bits per heavy atom. The van der Waals surface area contributed by atoms with Crippen molar-refractivity contribution in [1.29, 1.82) is 0 Å².